The summed E-state index contributed by atoms with van der Waals surface area (Å²) in [5.41, 5.74) is 0.633. The van der Waals surface area contributed by atoms with Crippen molar-refractivity contribution in [2.75, 3.05) is 6.54 Å². The number of benzene rings is 1. The Morgan fingerprint density at radius 1 is 1.16 bits per heavy atom. The van der Waals surface area contributed by atoms with Crippen molar-refractivity contribution >= 4 is 5.91 Å². The number of carbonyl (C=O) groups excluding carboxylic acids is 1. The van der Waals surface area contributed by atoms with Crippen LogP contribution in [0.2, 0.25) is 0 Å². The Kier molecular flexibility index (Phi) is 4.72. The van der Waals surface area contributed by atoms with Crippen molar-refractivity contribution < 1.29 is 9.18 Å². The smallest absolute Gasteiger partial charge is 0.221 e. The van der Waals surface area contributed by atoms with Gasteiger partial charge in [-0.3, -0.25) is 4.79 Å². The van der Waals surface area contributed by atoms with Gasteiger partial charge < -0.3 is 9.88 Å². The van der Waals surface area contributed by atoms with Crippen molar-refractivity contribution in [1.82, 2.24) is 9.88 Å². The number of rotatable bonds is 6. The Balaban J connectivity index is 1.68. The fourth-order valence-electron chi connectivity index (χ4n) is 1.88. The molecule has 2 aromatic rings. The lowest BCUT2D eigenvalue weighted by molar-refractivity contribution is -0.121. The molecule has 1 heterocycles. The van der Waals surface area contributed by atoms with Crippen LogP contribution in [-0.4, -0.2) is 17.0 Å². The molecule has 0 unspecified atom stereocenters. The van der Waals surface area contributed by atoms with Crippen molar-refractivity contribution in [3.05, 3.63) is 60.2 Å². The van der Waals surface area contributed by atoms with E-state index < -0.39 is 0 Å². The lowest BCUT2D eigenvalue weighted by atomic mass is 10.1. The lowest BCUT2D eigenvalue weighted by Crippen LogP contribution is -2.26. The van der Waals surface area contributed by atoms with Gasteiger partial charge in [-0.2, -0.15) is 0 Å². The van der Waals surface area contributed by atoms with Gasteiger partial charge in [0.15, 0.2) is 0 Å². The third-order valence-electron chi connectivity index (χ3n) is 2.94. The van der Waals surface area contributed by atoms with E-state index in [1.807, 2.05) is 29.1 Å². The van der Waals surface area contributed by atoms with Crippen LogP contribution in [0.4, 0.5) is 4.39 Å². The standard InChI is InChI=1S/C15H17FN2O/c16-14-6-2-1-5-13(14)7-9-17-15(19)8-12-18-10-3-4-11-18/h1-6,10-11H,7-9,12H2,(H,17,19). The number of halogens is 1. The number of carbonyl (C=O) groups is 1. The largest absolute Gasteiger partial charge is 0.356 e. The van der Waals surface area contributed by atoms with E-state index in [1.54, 1.807) is 18.2 Å². The quantitative estimate of drug-likeness (QED) is 0.850. The summed E-state index contributed by atoms with van der Waals surface area (Å²) < 4.78 is 15.3. The van der Waals surface area contributed by atoms with Crippen molar-refractivity contribution in [3.63, 3.8) is 0 Å². The van der Waals surface area contributed by atoms with Gasteiger partial charge in [0.2, 0.25) is 5.91 Å². The Labute approximate surface area is 112 Å². The minimum absolute atomic E-state index is 0.00922. The Morgan fingerprint density at radius 3 is 2.63 bits per heavy atom. The topological polar surface area (TPSA) is 34.0 Å². The van der Waals surface area contributed by atoms with Crippen LogP contribution in [0, 0.1) is 5.82 Å². The van der Waals surface area contributed by atoms with Crippen molar-refractivity contribution in [3.8, 4) is 0 Å². The van der Waals surface area contributed by atoms with E-state index in [0.29, 0.717) is 31.5 Å². The van der Waals surface area contributed by atoms with Crippen molar-refractivity contribution in [2.45, 2.75) is 19.4 Å². The Bertz CT molecular complexity index is 523. The molecule has 0 radical (unpaired) electrons. The van der Waals surface area contributed by atoms with E-state index >= 15 is 0 Å². The second-order valence-electron chi connectivity index (χ2n) is 4.36. The average molecular weight is 260 g/mol. The molecule has 3 nitrogen and oxygen atoms in total. The minimum atomic E-state index is -0.218. The number of aromatic nitrogens is 1. The maximum Gasteiger partial charge on any atom is 0.221 e. The molecular weight excluding hydrogens is 243 g/mol. The van der Waals surface area contributed by atoms with Crippen LogP contribution in [0.5, 0.6) is 0 Å². The summed E-state index contributed by atoms with van der Waals surface area (Å²) in [7, 11) is 0. The molecule has 0 aliphatic rings. The zero-order valence-corrected chi connectivity index (χ0v) is 10.7. The van der Waals surface area contributed by atoms with E-state index in [4.69, 9.17) is 0 Å². The van der Waals surface area contributed by atoms with Gasteiger partial charge in [-0.25, -0.2) is 4.39 Å². The minimum Gasteiger partial charge on any atom is -0.356 e. The van der Waals surface area contributed by atoms with Gasteiger partial charge in [-0.15, -0.1) is 0 Å². The maximum absolute atomic E-state index is 13.3. The molecule has 0 spiro atoms. The molecule has 100 valence electrons. The third kappa shape index (κ3) is 4.25. The lowest BCUT2D eigenvalue weighted by Gasteiger charge is -2.06. The zero-order valence-electron chi connectivity index (χ0n) is 10.7. The molecule has 19 heavy (non-hydrogen) atoms. The number of amides is 1. The molecule has 1 N–H and O–H groups in total. The van der Waals surface area contributed by atoms with Crippen LogP contribution >= 0.6 is 0 Å². The molecule has 1 aromatic heterocycles. The van der Waals surface area contributed by atoms with Gasteiger partial charge in [0.1, 0.15) is 5.82 Å². The van der Waals surface area contributed by atoms with Crippen molar-refractivity contribution in [2.24, 2.45) is 0 Å². The molecule has 1 amide bonds. The second-order valence-corrected chi connectivity index (χ2v) is 4.36. The molecular formula is C15H17FN2O. The molecule has 0 aliphatic carbocycles. The average Bonchev–Trinajstić information content (AvgIpc) is 2.92. The summed E-state index contributed by atoms with van der Waals surface area (Å²) in [6.07, 6.45) is 4.80. The molecule has 2 rings (SSSR count). The van der Waals surface area contributed by atoms with Gasteiger partial charge in [-0.1, -0.05) is 18.2 Å². The van der Waals surface area contributed by atoms with Crippen LogP contribution in [0.25, 0.3) is 0 Å². The molecule has 0 atom stereocenters. The summed E-state index contributed by atoms with van der Waals surface area (Å²) in [5.74, 6) is -0.228. The van der Waals surface area contributed by atoms with Gasteiger partial charge in [0.25, 0.3) is 0 Å². The predicted molar refractivity (Wildman–Crippen MR) is 72.2 cm³/mol. The number of hydrogen-bond acceptors (Lipinski definition) is 1. The highest BCUT2D eigenvalue weighted by Crippen LogP contribution is 2.06. The molecule has 0 fully saturated rings. The zero-order chi connectivity index (χ0) is 13.5. The summed E-state index contributed by atoms with van der Waals surface area (Å²) in [5, 5.41) is 2.80. The number of nitrogens with one attached hydrogen (secondary N) is 1. The number of nitrogens with zero attached hydrogens (tertiary/aromatic N) is 1. The highest BCUT2D eigenvalue weighted by Gasteiger charge is 2.03. The van der Waals surface area contributed by atoms with Gasteiger partial charge in [-0.05, 0) is 30.2 Å². The molecule has 0 bridgehead atoms. The summed E-state index contributed by atoms with van der Waals surface area (Å²) in [6, 6.07) is 10.5. The fourth-order valence-corrected chi connectivity index (χ4v) is 1.88. The van der Waals surface area contributed by atoms with Gasteiger partial charge in [0.05, 0.1) is 0 Å². The fraction of sp³-hybridized carbons (Fsp3) is 0.267. The first-order chi connectivity index (χ1) is 9.25. The first-order valence-electron chi connectivity index (χ1n) is 6.36. The van der Waals surface area contributed by atoms with Crippen LogP contribution in [-0.2, 0) is 17.8 Å². The first-order valence-corrected chi connectivity index (χ1v) is 6.36. The van der Waals surface area contributed by atoms with Gasteiger partial charge >= 0.3 is 0 Å². The normalized spacial score (nSPS) is 10.4. The summed E-state index contributed by atoms with van der Waals surface area (Å²) >= 11 is 0. The Hall–Kier alpha value is -2.10. The second kappa shape index (κ2) is 6.73. The highest BCUT2D eigenvalue weighted by molar-refractivity contribution is 5.75. The number of hydrogen-bond donors (Lipinski definition) is 1. The van der Waals surface area contributed by atoms with Crippen LogP contribution in [0.15, 0.2) is 48.8 Å². The summed E-state index contributed by atoms with van der Waals surface area (Å²) in [4.78, 5) is 11.6. The van der Waals surface area contributed by atoms with E-state index in [2.05, 4.69) is 5.32 Å². The first kappa shape index (κ1) is 13.3. The maximum atomic E-state index is 13.3. The van der Waals surface area contributed by atoms with Crippen LogP contribution < -0.4 is 5.32 Å². The van der Waals surface area contributed by atoms with Crippen molar-refractivity contribution in [1.29, 1.82) is 0 Å². The predicted octanol–water partition coefficient (Wildman–Crippen LogP) is 2.38. The van der Waals surface area contributed by atoms with E-state index in [1.165, 1.54) is 6.07 Å². The van der Waals surface area contributed by atoms with E-state index in [9.17, 15) is 9.18 Å². The molecule has 0 saturated heterocycles. The molecule has 4 heteroatoms. The number of aryl methyl sites for hydroxylation is 1. The monoisotopic (exact) mass is 260 g/mol. The molecule has 1 aromatic carbocycles. The Morgan fingerprint density at radius 2 is 1.89 bits per heavy atom. The summed E-state index contributed by atoms with van der Waals surface area (Å²) in [6.45, 7) is 1.13. The molecule has 0 aliphatic heterocycles. The SMILES string of the molecule is O=C(CCn1cccc1)NCCc1ccccc1F. The third-order valence-corrected chi connectivity index (χ3v) is 2.94. The van der Waals surface area contributed by atoms with Crippen LogP contribution in [0.1, 0.15) is 12.0 Å². The van der Waals surface area contributed by atoms with Gasteiger partial charge in [0, 0.05) is 31.9 Å². The van der Waals surface area contributed by atoms with E-state index in [-0.39, 0.29) is 11.7 Å². The van der Waals surface area contributed by atoms with E-state index in [0.717, 1.165) is 0 Å². The molecule has 0 saturated carbocycles. The van der Waals surface area contributed by atoms with Crippen LogP contribution in [0.3, 0.4) is 0 Å². The highest BCUT2D eigenvalue weighted by atomic mass is 19.1.